The van der Waals surface area contributed by atoms with Gasteiger partial charge in [-0.1, -0.05) is 0 Å². The molecule has 12 heavy (non-hydrogen) atoms. The molecule has 0 aromatic rings. The number of nitrogens with zero attached hydrogens (tertiary/aromatic N) is 1. The van der Waals surface area contributed by atoms with E-state index in [2.05, 4.69) is 0 Å². The van der Waals surface area contributed by atoms with E-state index in [1.54, 1.807) is 0 Å². The van der Waals surface area contributed by atoms with Crippen LogP contribution in [0.15, 0.2) is 0 Å². The zero-order valence-corrected chi connectivity index (χ0v) is 7.02. The van der Waals surface area contributed by atoms with E-state index in [1.165, 1.54) is 0 Å². The summed E-state index contributed by atoms with van der Waals surface area (Å²) in [5.74, 6) is -2.38. The topological polar surface area (TPSA) is 29.3 Å². The number of hydrogen-bond acceptors (Lipinski definition) is 2. The molecule has 1 aliphatic carbocycles. The number of halogens is 2. The number of hydrogen-bond donors (Lipinski definition) is 1. The molecule has 2 rings (SSSR count). The highest BCUT2D eigenvalue weighted by Crippen LogP contribution is 2.64. The van der Waals surface area contributed by atoms with E-state index in [4.69, 9.17) is 5.73 Å². The van der Waals surface area contributed by atoms with Gasteiger partial charge in [0.1, 0.15) is 0 Å². The van der Waals surface area contributed by atoms with Gasteiger partial charge in [0.05, 0.1) is 5.41 Å². The van der Waals surface area contributed by atoms with Crippen molar-refractivity contribution >= 4 is 0 Å². The standard InChI is InChI=1S/C8H14F2N2/c9-8(10)5-7(8)1-3-12(6-7)4-2-11/h1-6,11H2. The Bertz CT molecular complexity index is 195. The molecule has 4 heteroatoms. The van der Waals surface area contributed by atoms with Crippen molar-refractivity contribution in [3.8, 4) is 0 Å². The Hall–Kier alpha value is -0.220. The van der Waals surface area contributed by atoms with Crippen LogP contribution in [0.1, 0.15) is 12.8 Å². The second-order valence-electron chi connectivity index (χ2n) is 3.98. The van der Waals surface area contributed by atoms with Crippen LogP contribution in [0.5, 0.6) is 0 Å². The first kappa shape index (κ1) is 8.38. The lowest BCUT2D eigenvalue weighted by molar-refractivity contribution is 0.0664. The van der Waals surface area contributed by atoms with Crippen molar-refractivity contribution in [2.45, 2.75) is 18.8 Å². The third-order valence-electron chi connectivity index (χ3n) is 3.09. The average Bonchev–Trinajstić information content (AvgIpc) is 2.39. The maximum Gasteiger partial charge on any atom is 0.255 e. The van der Waals surface area contributed by atoms with E-state index in [-0.39, 0.29) is 6.42 Å². The summed E-state index contributed by atoms with van der Waals surface area (Å²) < 4.78 is 25.7. The molecule has 1 unspecified atom stereocenters. The maximum atomic E-state index is 12.8. The molecule has 1 heterocycles. The Labute approximate surface area is 70.7 Å². The summed E-state index contributed by atoms with van der Waals surface area (Å²) in [7, 11) is 0. The molecule has 1 atom stereocenters. The quantitative estimate of drug-likeness (QED) is 0.670. The smallest absolute Gasteiger partial charge is 0.255 e. The molecule has 2 N–H and O–H groups in total. The Morgan fingerprint density at radius 2 is 2.08 bits per heavy atom. The van der Waals surface area contributed by atoms with E-state index in [1.807, 2.05) is 4.90 Å². The lowest BCUT2D eigenvalue weighted by Gasteiger charge is -2.13. The van der Waals surface area contributed by atoms with Gasteiger partial charge in [-0.15, -0.1) is 0 Å². The lowest BCUT2D eigenvalue weighted by Crippen LogP contribution is -2.28. The Balaban J connectivity index is 1.92. The molecule has 1 spiro atoms. The highest BCUT2D eigenvalue weighted by molar-refractivity contribution is 5.14. The first-order chi connectivity index (χ1) is 5.60. The van der Waals surface area contributed by atoms with Crippen molar-refractivity contribution < 1.29 is 8.78 Å². The molecule has 1 saturated heterocycles. The zero-order valence-electron chi connectivity index (χ0n) is 7.02. The van der Waals surface area contributed by atoms with Gasteiger partial charge in [-0.3, -0.25) is 0 Å². The van der Waals surface area contributed by atoms with E-state index in [0.717, 1.165) is 13.1 Å². The highest BCUT2D eigenvalue weighted by atomic mass is 19.3. The van der Waals surface area contributed by atoms with Gasteiger partial charge in [0.2, 0.25) is 0 Å². The van der Waals surface area contributed by atoms with Gasteiger partial charge in [-0.2, -0.15) is 0 Å². The summed E-state index contributed by atoms with van der Waals surface area (Å²) in [6, 6.07) is 0. The molecule has 1 aliphatic heterocycles. The highest BCUT2D eigenvalue weighted by Gasteiger charge is 2.72. The second-order valence-corrected chi connectivity index (χ2v) is 3.98. The number of alkyl halides is 2. The van der Waals surface area contributed by atoms with Crippen molar-refractivity contribution in [2.24, 2.45) is 11.1 Å². The van der Waals surface area contributed by atoms with Gasteiger partial charge in [0, 0.05) is 26.1 Å². The van der Waals surface area contributed by atoms with Crippen LogP contribution >= 0.6 is 0 Å². The number of likely N-dealkylation sites (tertiary alicyclic amines) is 1. The summed E-state index contributed by atoms with van der Waals surface area (Å²) in [4.78, 5) is 2.04. The van der Waals surface area contributed by atoms with Crippen molar-refractivity contribution in [1.29, 1.82) is 0 Å². The van der Waals surface area contributed by atoms with Crippen LogP contribution in [-0.4, -0.2) is 37.0 Å². The molecule has 2 fully saturated rings. The van der Waals surface area contributed by atoms with Crippen molar-refractivity contribution in [1.82, 2.24) is 4.90 Å². The molecule has 0 amide bonds. The largest absolute Gasteiger partial charge is 0.329 e. The van der Waals surface area contributed by atoms with Crippen molar-refractivity contribution in [3.63, 3.8) is 0 Å². The van der Waals surface area contributed by atoms with Gasteiger partial charge in [-0.05, 0) is 13.0 Å². The van der Waals surface area contributed by atoms with Crippen molar-refractivity contribution in [3.05, 3.63) is 0 Å². The molecular formula is C8H14F2N2. The van der Waals surface area contributed by atoms with E-state index < -0.39 is 11.3 Å². The Morgan fingerprint density at radius 1 is 1.42 bits per heavy atom. The minimum Gasteiger partial charge on any atom is -0.329 e. The van der Waals surface area contributed by atoms with Gasteiger partial charge in [0.15, 0.2) is 0 Å². The predicted octanol–water partition coefficient (Wildman–Crippen LogP) is 0.676. The molecule has 2 nitrogen and oxygen atoms in total. The minimum atomic E-state index is -2.38. The van der Waals surface area contributed by atoms with E-state index in [0.29, 0.717) is 19.5 Å². The minimum absolute atomic E-state index is 0.0983. The average molecular weight is 176 g/mol. The molecule has 2 aliphatic rings. The third kappa shape index (κ3) is 1.05. The summed E-state index contributed by atoms with van der Waals surface area (Å²) in [6.07, 6.45) is 0.751. The second kappa shape index (κ2) is 2.39. The molecule has 0 bridgehead atoms. The van der Waals surface area contributed by atoms with Gasteiger partial charge >= 0.3 is 0 Å². The summed E-state index contributed by atoms with van der Waals surface area (Å²) in [5.41, 5.74) is 4.71. The normalized spacial score (nSPS) is 39.2. The first-order valence-electron chi connectivity index (χ1n) is 4.40. The fraction of sp³-hybridized carbons (Fsp3) is 1.00. The Kier molecular flexibility index (Phi) is 1.67. The van der Waals surface area contributed by atoms with E-state index in [9.17, 15) is 8.78 Å². The van der Waals surface area contributed by atoms with E-state index >= 15 is 0 Å². The molecule has 1 saturated carbocycles. The van der Waals surface area contributed by atoms with Crippen LogP contribution < -0.4 is 5.73 Å². The zero-order chi connectivity index (χ0) is 8.82. The van der Waals surface area contributed by atoms with Crippen LogP contribution in [0.25, 0.3) is 0 Å². The Morgan fingerprint density at radius 3 is 2.50 bits per heavy atom. The predicted molar refractivity (Wildman–Crippen MR) is 42.1 cm³/mol. The third-order valence-corrected chi connectivity index (χ3v) is 3.09. The monoisotopic (exact) mass is 176 g/mol. The SMILES string of the molecule is NCCN1CCC2(C1)CC2(F)F. The van der Waals surface area contributed by atoms with Crippen LogP contribution in [0.3, 0.4) is 0 Å². The molecule has 0 radical (unpaired) electrons. The fourth-order valence-corrected chi connectivity index (χ4v) is 2.16. The van der Waals surface area contributed by atoms with Crippen LogP contribution in [-0.2, 0) is 0 Å². The van der Waals surface area contributed by atoms with Gasteiger partial charge < -0.3 is 10.6 Å². The molecular weight excluding hydrogens is 162 g/mol. The summed E-state index contributed by atoms with van der Waals surface area (Å²) in [6.45, 7) is 2.68. The van der Waals surface area contributed by atoms with Crippen LogP contribution in [0.4, 0.5) is 8.78 Å². The summed E-state index contributed by atoms with van der Waals surface area (Å²) in [5, 5.41) is 0. The number of nitrogens with two attached hydrogens (primary N) is 1. The molecule has 0 aromatic carbocycles. The summed E-state index contributed by atoms with van der Waals surface area (Å²) >= 11 is 0. The van der Waals surface area contributed by atoms with Crippen LogP contribution in [0.2, 0.25) is 0 Å². The van der Waals surface area contributed by atoms with Gasteiger partial charge in [0.25, 0.3) is 5.92 Å². The van der Waals surface area contributed by atoms with Crippen LogP contribution in [0, 0.1) is 5.41 Å². The fourth-order valence-electron chi connectivity index (χ4n) is 2.16. The molecule has 70 valence electrons. The number of rotatable bonds is 2. The molecule has 0 aromatic heterocycles. The van der Waals surface area contributed by atoms with Gasteiger partial charge in [-0.25, -0.2) is 8.78 Å². The maximum absolute atomic E-state index is 12.8. The first-order valence-corrected chi connectivity index (χ1v) is 4.40. The lowest BCUT2D eigenvalue weighted by atomic mass is 10.1. The van der Waals surface area contributed by atoms with Crippen molar-refractivity contribution in [2.75, 3.05) is 26.2 Å².